The van der Waals surface area contributed by atoms with Crippen LogP contribution in [-0.2, 0) is 9.59 Å². The Kier molecular flexibility index (Phi) is 4.71. The highest BCUT2D eigenvalue weighted by Crippen LogP contribution is 2.27. The number of anilines is 2. The number of fused-ring (bicyclic) bond motifs is 1. The van der Waals surface area contributed by atoms with Crippen molar-refractivity contribution in [2.45, 2.75) is 6.42 Å². The number of halogens is 1. The molecular formula is C24H19FN4O2. The smallest absolute Gasteiger partial charge is 0.229 e. The van der Waals surface area contributed by atoms with E-state index in [1.165, 1.54) is 17.0 Å². The molecule has 2 aromatic heterocycles. The predicted octanol–water partition coefficient (Wildman–Crippen LogP) is 4.13. The number of hydrogen-bond acceptors (Lipinski definition) is 3. The molecule has 1 N–H and O–H groups in total. The average Bonchev–Trinajstić information content (AvgIpc) is 3.39. The molecule has 31 heavy (non-hydrogen) atoms. The van der Waals surface area contributed by atoms with Crippen molar-refractivity contribution >= 4 is 28.8 Å². The normalized spacial score (nSPS) is 16.1. The van der Waals surface area contributed by atoms with E-state index in [1.807, 2.05) is 59.3 Å². The number of imidazole rings is 1. The molecule has 0 aliphatic carbocycles. The molecule has 0 radical (unpaired) electrons. The monoisotopic (exact) mass is 414 g/mol. The molecular weight excluding hydrogens is 395 g/mol. The van der Waals surface area contributed by atoms with E-state index in [1.54, 1.807) is 12.1 Å². The van der Waals surface area contributed by atoms with E-state index < -0.39 is 5.92 Å². The van der Waals surface area contributed by atoms with Crippen LogP contribution >= 0.6 is 0 Å². The Labute approximate surface area is 178 Å². The van der Waals surface area contributed by atoms with Gasteiger partial charge in [-0.25, -0.2) is 9.37 Å². The third-order valence-corrected chi connectivity index (χ3v) is 5.45. The van der Waals surface area contributed by atoms with Crippen molar-refractivity contribution in [1.29, 1.82) is 0 Å². The van der Waals surface area contributed by atoms with Gasteiger partial charge in [0.05, 0.1) is 11.6 Å². The summed E-state index contributed by atoms with van der Waals surface area (Å²) in [5.74, 6) is -1.18. The Balaban J connectivity index is 1.26. The average molecular weight is 414 g/mol. The molecule has 4 aromatic rings. The maximum absolute atomic E-state index is 13.1. The van der Waals surface area contributed by atoms with E-state index in [2.05, 4.69) is 10.3 Å². The lowest BCUT2D eigenvalue weighted by molar-refractivity contribution is -0.122. The van der Waals surface area contributed by atoms with Crippen molar-refractivity contribution in [3.63, 3.8) is 0 Å². The van der Waals surface area contributed by atoms with Crippen molar-refractivity contribution in [2.24, 2.45) is 5.92 Å². The first kappa shape index (κ1) is 19.0. The van der Waals surface area contributed by atoms with Gasteiger partial charge in [-0.2, -0.15) is 0 Å². The Morgan fingerprint density at radius 3 is 2.55 bits per heavy atom. The molecule has 1 fully saturated rings. The molecule has 0 bridgehead atoms. The largest absolute Gasteiger partial charge is 0.326 e. The summed E-state index contributed by atoms with van der Waals surface area (Å²) >= 11 is 0. The minimum absolute atomic E-state index is 0.128. The second-order valence-electron chi connectivity index (χ2n) is 7.54. The van der Waals surface area contributed by atoms with Crippen LogP contribution in [0.2, 0.25) is 0 Å². The van der Waals surface area contributed by atoms with Gasteiger partial charge >= 0.3 is 0 Å². The van der Waals surface area contributed by atoms with Gasteiger partial charge in [-0.1, -0.05) is 18.2 Å². The second kappa shape index (κ2) is 7.68. The summed E-state index contributed by atoms with van der Waals surface area (Å²) in [5, 5.41) is 2.89. The molecule has 6 nitrogen and oxygen atoms in total. The van der Waals surface area contributed by atoms with Crippen LogP contribution < -0.4 is 10.2 Å². The van der Waals surface area contributed by atoms with Crippen LogP contribution in [-0.4, -0.2) is 27.7 Å². The minimum Gasteiger partial charge on any atom is -0.326 e. The second-order valence-corrected chi connectivity index (χ2v) is 7.54. The van der Waals surface area contributed by atoms with Crippen LogP contribution in [0.5, 0.6) is 0 Å². The first-order chi connectivity index (χ1) is 15.1. The molecule has 1 atom stereocenters. The quantitative estimate of drug-likeness (QED) is 0.546. The molecule has 1 aliphatic rings. The molecule has 0 saturated carbocycles. The van der Waals surface area contributed by atoms with Gasteiger partial charge in [0.1, 0.15) is 11.5 Å². The summed E-state index contributed by atoms with van der Waals surface area (Å²) in [5.41, 5.74) is 3.91. The number of carbonyl (C=O) groups is 2. The fraction of sp³-hybridized carbons (Fsp3) is 0.125. The van der Waals surface area contributed by atoms with Crippen LogP contribution in [0.25, 0.3) is 16.9 Å². The lowest BCUT2D eigenvalue weighted by Gasteiger charge is -2.16. The number of benzene rings is 2. The lowest BCUT2D eigenvalue weighted by atomic mass is 10.1. The summed E-state index contributed by atoms with van der Waals surface area (Å²) in [6, 6.07) is 19.0. The van der Waals surface area contributed by atoms with Crippen LogP contribution in [0.4, 0.5) is 15.8 Å². The highest BCUT2D eigenvalue weighted by Gasteiger charge is 2.35. The van der Waals surface area contributed by atoms with E-state index in [0.29, 0.717) is 11.4 Å². The maximum atomic E-state index is 13.1. The van der Waals surface area contributed by atoms with E-state index in [0.717, 1.165) is 16.9 Å². The van der Waals surface area contributed by atoms with Gasteiger partial charge in [0.2, 0.25) is 11.8 Å². The summed E-state index contributed by atoms with van der Waals surface area (Å²) < 4.78 is 15.1. The zero-order valence-corrected chi connectivity index (χ0v) is 16.5. The summed E-state index contributed by atoms with van der Waals surface area (Å²) in [7, 11) is 0. The van der Waals surface area contributed by atoms with Gasteiger partial charge in [-0.3, -0.25) is 9.59 Å². The van der Waals surface area contributed by atoms with Crippen molar-refractivity contribution in [1.82, 2.24) is 9.38 Å². The Morgan fingerprint density at radius 2 is 1.81 bits per heavy atom. The Hall–Kier alpha value is -4.00. The number of carbonyl (C=O) groups excluding carboxylic acids is 2. The standard InChI is InChI=1S/C24H19FN4O2/c25-18-6-10-20(11-7-18)29-14-17(13-23(29)30)24(31)26-19-8-4-16(5-9-19)21-15-28-12-2-1-3-22(28)27-21/h1-12,15,17H,13-14H2,(H,26,31)/t17-/m0/s1. The molecule has 0 spiro atoms. The van der Waals surface area contributed by atoms with Gasteiger partial charge in [-0.05, 0) is 48.5 Å². The highest BCUT2D eigenvalue weighted by atomic mass is 19.1. The molecule has 7 heteroatoms. The SMILES string of the molecule is O=C(Nc1ccc(-c2cn3ccccc3n2)cc1)[C@H]1CC(=O)N(c2ccc(F)cc2)C1. The van der Waals surface area contributed by atoms with Crippen LogP contribution in [0, 0.1) is 11.7 Å². The van der Waals surface area contributed by atoms with E-state index >= 15 is 0 Å². The summed E-state index contributed by atoms with van der Waals surface area (Å²) in [4.78, 5) is 31.2. The van der Waals surface area contributed by atoms with Crippen molar-refractivity contribution < 1.29 is 14.0 Å². The molecule has 0 unspecified atom stereocenters. The molecule has 2 amide bonds. The van der Waals surface area contributed by atoms with E-state index in [9.17, 15) is 14.0 Å². The van der Waals surface area contributed by atoms with Gasteiger partial charge in [0.25, 0.3) is 0 Å². The number of pyridine rings is 1. The van der Waals surface area contributed by atoms with Gasteiger partial charge in [-0.15, -0.1) is 0 Å². The maximum Gasteiger partial charge on any atom is 0.229 e. The molecule has 1 aliphatic heterocycles. The number of hydrogen-bond donors (Lipinski definition) is 1. The Morgan fingerprint density at radius 1 is 1.03 bits per heavy atom. The lowest BCUT2D eigenvalue weighted by Crippen LogP contribution is -2.28. The van der Waals surface area contributed by atoms with Crippen molar-refractivity contribution in [2.75, 3.05) is 16.8 Å². The van der Waals surface area contributed by atoms with Gasteiger partial charge in [0, 0.05) is 42.3 Å². The number of aromatic nitrogens is 2. The summed E-state index contributed by atoms with van der Waals surface area (Å²) in [6.07, 6.45) is 4.03. The van der Waals surface area contributed by atoms with Crippen molar-refractivity contribution in [3.05, 3.63) is 84.9 Å². The molecule has 154 valence electrons. The predicted molar refractivity (Wildman–Crippen MR) is 116 cm³/mol. The third-order valence-electron chi connectivity index (χ3n) is 5.45. The summed E-state index contributed by atoms with van der Waals surface area (Å²) in [6.45, 7) is 0.273. The molecule has 3 heterocycles. The Bertz CT molecular complexity index is 1230. The molecule has 5 rings (SSSR count). The zero-order valence-electron chi connectivity index (χ0n) is 16.5. The number of rotatable bonds is 4. The fourth-order valence-corrected chi connectivity index (χ4v) is 3.80. The van der Waals surface area contributed by atoms with Crippen LogP contribution in [0.1, 0.15) is 6.42 Å². The van der Waals surface area contributed by atoms with Gasteiger partial charge < -0.3 is 14.6 Å². The molecule has 1 saturated heterocycles. The van der Waals surface area contributed by atoms with Crippen LogP contribution in [0.3, 0.4) is 0 Å². The van der Waals surface area contributed by atoms with E-state index in [4.69, 9.17) is 0 Å². The minimum atomic E-state index is -0.462. The highest BCUT2D eigenvalue weighted by molar-refractivity contribution is 6.03. The van der Waals surface area contributed by atoms with Crippen LogP contribution in [0.15, 0.2) is 79.1 Å². The first-order valence-electron chi connectivity index (χ1n) is 9.98. The topological polar surface area (TPSA) is 66.7 Å². The number of nitrogens with zero attached hydrogens (tertiary/aromatic N) is 3. The van der Waals surface area contributed by atoms with Crippen molar-refractivity contribution in [3.8, 4) is 11.3 Å². The fourth-order valence-electron chi connectivity index (χ4n) is 3.80. The zero-order chi connectivity index (χ0) is 21.4. The van der Waals surface area contributed by atoms with E-state index in [-0.39, 0.29) is 30.6 Å². The first-order valence-corrected chi connectivity index (χ1v) is 9.98. The third kappa shape index (κ3) is 3.77. The number of nitrogens with one attached hydrogen (secondary N) is 1. The number of amides is 2. The molecule has 2 aromatic carbocycles. The van der Waals surface area contributed by atoms with Gasteiger partial charge in [0.15, 0.2) is 0 Å².